The quantitative estimate of drug-likeness (QED) is 0.356. The van der Waals surface area contributed by atoms with E-state index < -0.39 is 0 Å². The average Bonchev–Trinajstić information content (AvgIpc) is 2.70. The number of methoxy groups -OCH3 is 1. The Morgan fingerprint density at radius 1 is 1.11 bits per heavy atom. The Morgan fingerprint density at radius 2 is 1.81 bits per heavy atom. The van der Waals surface area contributed by atoms with Crippen LogP contribution in [0.1, 0.15) is 30.9 Å². The molecule has 0 fully saturated rings. The van der Waals surface area contributed by atoms with Gasteiger partial charge in [0, 0.05) is 5.75 Å². The summed E-state index contributed by atoms with van der Waals surface area (Å²) in [7, 11) is 1.64. The van der Waals surface area contributed by atoms with E-state index in [1.807, 2.05) is 48.5 Å². The van der Waals surface area contributed by atoms with Gasteiger partial charge in [-0.1, -0.05) is 25.5 Å². The lowest BCUT2D eigenvalue weighted by Gasteiger charge is -2.05. The molecular formula is C21H26N2O3S. The van der Waals surface area contributed by atoms with Crippen LogP contribution >= 0.6 is 11.8 Å². The van der Waals surface area contributed by atoms with Gasteiger partial charge in [0.1, 0.15) is 11.5 Å². The van der Waals surface area contributed by atoms with Gasteiger partial charge in [0.15, 0.2) is 0 Å². The number of nitrogens with zero attached hydrogens (tertiary/aromatic N) is 1. The van der Waals surface area contributed by atoms with Crippen LogP contribution in [-0.2, 0) is 10.5 Å². The monoisotopic (exact) mass is 386 g/mol. The molecule has 2 aromatic carbocycles. The van der Waals surface area contributed by atoms with E-state index in [0.29, 0.717) is 5.75 Å². The van der Waals surface area contributed by atoms with Gasteiger partial charge in [0.2, 0.25) is 5.91 Å². The Balaban J connectivity index is 1.66. The molecule has 0 aromatic heterocycles. The second-order valence-electron chi connectivity index (χ2n) is 5.91. The Bertz CT molecular complexity index is 715. The number of carbonyl (C=O) groups excluding carboxylic acids is 1. The molecule has 27 heavy (non-hydrogen) atoms. The van der Waals surface area contributed by atoms with Crippen molar-refractivity contribution in [2.45, 2.75) is 25.5 Å². The van der Waals surface area contributed by atoms with Gasteiger partial charge in [-0.3, -0.25) is 4.79 Å². The highest BCUT2D eigenvalue weighted by atomic mass is 32.2. The van der Waals surface area contributed by atoms with Crippen LogP contribution in [0.15, 0.2) is 53.6 Å². The van der Waals surface area contributed by atoms with E-state index in [-0.39, 0.29) is 5.91 Å². The van der Waals surface area contributed by atoms with Crippen LogP contribution in [0.25, 0.3) is 0 Å². The van der Waals surface area contributed by atoms with Gasteiger partial charge in [-0.05, 0) is 53.9 Å². The van der Waals surface area contributed by atoms with Crippen molar-refractivity contribution in [3.8, 4) is 11.5 Å². The number of ether oxygens (including phenoxy) is 2. The van der Waals surface area contributed by atoms with Gasteiger partial charge in [0.05, 0.1) is 25.7 Å². The number of nitrogens with one attached hydrogen (secondary N) is 1. The summed E-state index contributed by atoms with van der Waals surface area (Å²) < 4.78 is 10.7. The van der Waals surface area contributed by atoms with Crippen LogP contribution in [0, 0.1) is 0 Å². The van der Waals surface area contributed by atoms with E-state index in [1.165, 1.54) is 0 Å². The molecular weight excluding hydrogens is 360 g/mol. The van der Waals surface area contributed by atoms with Crippen LogP contribution in [0.3, 0.4) is 0 Å². The molecule has 0 heterocycles. The molecule has 144 valence electrons. The van der Waals surface area contributed by atoms with Crippen molar-refractivity contribution in [3.63, 3.8) is 0 Å². The molecule has 0 saturated heterocycles. The van der Waals surface area contributed by atoms with Crippen LogP contribution in [0.2, 0.25) is 0 Å². The number of hydrazone groups is 1. The fourth-order valence-corrected chi connectivity index (χ4v) is 2.96. The molecule has 1 amide bonds. The van der Waals surface area contributed by atoms with Crippen LogP contribution in [-0.4, -0.2) is 31.6 Å². The summed E-state index contributed by atoms with van der Waals surface area (Å²) in [6, 6.07) is 15.5. The Morgan fingerprint density at radius 3 is 2.48 bits per heavy atom. The normalized spacial score (nSPS) is 10.7. The number of benzene rings is 2. The van der Waals surface area contributed by atoms with Gasteiger partial charge in [-0.2, -0.15) is 5.10 Å². The number of amides is 1. The molecule has 0 atom stereocenters. The second-order valence-corrected chi connectivity index (χ2v) is 6.89. The minimum Gasteiger partial charge on any atom is -0.497 e. The molecule has 0 saturated carbocycles. The summed E-state index contributed by atoms with van der Waals surface area (Å²) in [5.74, 6) is 2.68. The first-order valence-electron chi connectivity index (χ1n) is 8.96. The molecule has 2 rings (SSSR count). The lowest BCUT2D eigenvalue weighted by molar-refractivity contribution is -0.118. The summed E-state index contributed by atoms with van der Waals surface area (Å²) in [6.07, 6.45) is 3.79. The highest BCUT2D eigenvalue weighted by Crippen LogP contribution is 2.16. The summed E-state index contributed by atoms with van der Waals surface area (Å²) in [4.78, 5) is 11.8. The van der Waals surface area contributed by atoms with Gasteiger partial charge in [-0.15, -0.1) is 11.8 Å². The molecule has 0 bridgehead atoms. The number of hydrogen-bond donors (Lipinski definition) is 1. The molecule has 0 aliphatic carbocycles. The van der Waals surface area contributed by atoms with Crippen molar-refractivity contribution in [2.24, 2.45) is 5.10 Å². The van der Waals surface area contributed by atoms with Gasteiger partial charge in [-0.25, -0.2) is 5.43 Å². The van der Waals surface area contributed by atoms with Gasteiger partial charge < -0.3 is 9.47 Å². The van der Waals surface area contributed by atoms with Crippen LogP contribution < -0.4 is 14.9 Å². The SMILES string of the molecule is CCCCOc1ccc(/C=N/NC(=O)CSCc2ccc(OC)cc2)cc1. The number of hydrogen-bond acceptors (Lipinski definition) is 5. The van der Waals surface area contributed by atoms with Crippen molar-refractivity contribution >= 4 is 23.9 Å². The largest absolute Gasteiger partial charge is 0.497 e. The summed E-state index contributed by atoms with van der Waals surface area (Å²) in [5, 5.41) is 4.00. The first kappa shape index (κ1) is 20.8. The fourth-order valence-electron chi connectivity index (χ4n) is 2.18. The first-order chi connectivity index (χ1) is 13.2. The number of carbonyl (C=O) groups is 1. The first-order valence-corrected chi connectivity index (χ1v) is 10.1. The van der Waals surface area contributed by atoms with Crippen molar-refractivity contribution in [1.29, 1.82) is 0 Å². The molecule has 0 spiro atoms. The third-order valence-electron chi connectivity index (χ3n) is 3.71. The standard InChI is InChI=1S/C21H26N2O3S/c1-3-4-13-26-20-11-5-17(6-12-20)14-22-23-21(24)16-27-15-18-7-9-19(25-2)10-8-18/h5-12,14H,3-4,13,15-16H2,1-2H3,(H,23,24)/b22-14+. The van der Waals surface area contributed by atoms with E-state index in [4.69, 9.17) is 9.47 Å². The third kappa shape index (κ3) is 8.17. The molecule has 0 aliphatic heterocycles. The Kier molecular flexibility index (Phi) is 9.27. The zero-order chi connectivity index (χ0) is 19.3. The minimum absolute atomic E-state index is 0.121. The predicted octanol–water partition coefficient (Wildman–Crippen LogP) is 4.26. The highest BCUT2D eigenvalue weighted by Gasteiger charge is 2.01. The lowest BCUT2D eigenvalue weighted by Crippen LogP contribution is -2.19. The molecule has 2 aromatic rings. The minimum atomic E-state index is -0.121. The summed E-state index contributed by atoms with van der Waals surface area (Å²) in [6.45, 7) is 2.86. The van der Waals surface area contributed by atoms with Gasteiger partial charge in [0.25, 0.3) is 0 Å². The van der Waals surface area contributed by atoms with E-state index in [0.717, 1.165) is 47.8 Å². The Hall–Kier alpha value is -2.47. The van der Waals surface area contributed by atoms with Crippen molar-refractivity contribution in [1.82, 2.24) is 5.43 Å². The van der Waals surface area contributed by atoms with Crippen molar-refractivity contribution < 1.29 is 14.3 Å². The van der Waals surface area contributed by atoms with Gasteiger partial charge >= 0.3 is 0 Å². The maximum absolute atomic E-state index is 11.8. The number of unbranched alkanes of at least 4 members (excludes halogenated alkanes) is 1. The molecule has 5 nitrogen and oxygen atoms in total. The molecule has 0 radical (unpaired) electrons. The fraction of sp³-hybridized carbons (Fsp3) is 0.333. The van der Waals surface area contributed by atoms with Crippen LogP contribution in [0.5, 0.6) is 11.5 Å². The van der Waals surface area contributed by atoms with E-state index >= 15 is 0 Å². The average molecular weight is 387 g/mol. The second kappa shape index (κ2) is 12.0. The van der Waals surface area contributed by atoms with Crippen LogP contribution in [0.4, 0.5) is 0 Å². The third-order valence-corrected chi connectivity index (χ3v) is 4.71. The van der Waals surface area contributed by atoms with Crippen molar-refractivity contribution in [2.75, 3.05) is 19.5 Å². The smallest absolute Gasteiger partial charge is 0.250 e. The topological polar surface area (TPSA) is 59.9 Å². The zero-order valence-electron chi connectivity index (χ0n) is 15.8. The summed E-state index contributed by atoms with van der Waals surface area (Å²) in [5.41, 5.74) is 4.61. The maximum Gasteiger partial charge on any atom is 0.250 e. The predicted molar refractivity (Wildman–Crippen MR) is 112 cm³/mol. The molecule has 0 aliphatic rings. The highest BCUT2D eigenvalue weighted by molar-refractivity contribution is 7.99. The Labute approximate surface area is 165 Å². The van der Waals surface area contributed by atoms with E-state index in [2.05, 4.69) is 17.5 Å². The molecule has 1 N–H and O–H groups in total. The molecule has 6 heteroatoms. The van der Waals surface area contributed by atoms with E-state index in [9.17, 15) is 4.79 Å². The number of rotatable bonds is 11. The van der Waals surface area contributed by atoms with Crippen molar-refractivity contribution in [3.05, 3.63) is 59.7 Å². The summed E-state index contributed by atoms with van der Waals surface area (Å²) >= 11 is 1.54. The van der Waals surface area contributed by atoms with E-state index in [1.54, 1.807) is 25.1 Å². The molecule has 0 unspecified atom stereocenters. The maximum atomic E-state index is 11.8. The lowest BCUT2D eigenvalue weighted by atomic mass is 10.2. The number of thioether (sulfide) groups is 1. The zero-order valence-corrected chi connectivity index (χ0v) is 16.6.